The Hall–Kier alpha value is -1.78. The van der Waals surface area contributed by atoms with Crippen LogP contribution in [-0.2, 0) is 11.2 Å². The number of carbonyl (C=O) groups excluding carboxylic acids is 1. The molecule has 1 saturated heterocycles. The van der Waals surface area contributed by atoms with E-state index in [0.717, 1.165) is 43.9 Å². The van der Waals surface area contributed by atoms with Gasteiger partial charge in [0.1, 0.15) is 0 Å². The lowest BCUT2D eigenvalue weighted by Gasteiger charge is -2.38. The summed E-state index contributed by atoms with van der Waals surface area (Å²) in [5.74, 6) is 0.191. The second-order valence-electron chi connectivity index (χ2n) is 6.60. The van der Waals surface area contributed by atoms with E-state index in [1.54, 1.807) is 0 Å². The molecule has 4 nitrogen and oxygen atoms in total. The molecule has 1 fully saturated rings. The minimum atomic E-state index is 0.191. The Labute approximate surface area is 155 Å². The Morgan fingerprint density at radius 3 is 2.40 bits per heavy atom. The second-order valence-corrected chi connectivity index (χ2v) is 7.04. The molecule has 3 rings (SSSR count). The van der Waals surface area contributed by atoms with Crippen molar-refractivity contribution in [1.82, 2.24) is 9.58 Å². The van der Waals surface area contributed by atoms with Crippen LogP contribution >= 0.6 is 11.6 Å². The lowest BCUT2D eigenvalue weighted by atomic mass is 10.0. The van der Waals surface area contributed by atoms with Gasteiger partial charge in [0.2, 0.25) is 5.91 Å². The predicted octanol–water partition coefficient (Wildman–Crippen LogP) is 3.72. The molecule has 0 atom stereocenters. The Morgan fingerprint density at radius 1 is 1.16 bits per heavy atom. The fourth-order valence-corrected chi connectivity index (χ4v) is 3.60. The molecule has 2 aromatic rings. The number of benzene rings is 1. The van der Waals surface area contributed by atoms with Gasteiger partial charge >= 0.3 is 0 Å². The molecule has 0 bridgehead atoms. The zero-order valence-corrected chi connectivity index (χ0v) is 15.5. The number of amides is 1. The molecule has 0 unspecified atom stereocenters. The van der Waals surface area contributed by atoms with Crippen LogP contribution in [0.3, 0.4) is 0 Å². The first-order chi connectivity index (χ1) is 12.2. The van der Waals surface area contributed by atoms with E-state index in [1.165, 1.54) is 5.56 Å². The first-order valence-electron chi connectivity index (χ1n) is 9.09. The average Bonchev–Trinajstić information content (AvgIpc) is 3.16. The SMILES string of the molecule is CCC(=O)N(C1CCN(CCc2ccc(Cl)cc2)CC1)n1cccc1. The van der Waals surface area contributed by atoms with Gasteiger partial charge < -0.3 is 4.90 Å². The van der Waals surface area contributed by atoms with Crippen LogP contribution in [0.4, 0.5) is 0 Å². The first-order valence-corrected chi connectivity index (χ1v) is 9.47. The summed E-state index contributed by atoms with van der Waals surface area (Å²) in [5.41, 5.74) is 1.32. The Balaban J connectivity index is 1.53. The molecular formula is C20H26ClN3O. The number of likely N-dealkylation sites (tertiary alicyclic amines) is 1. The van der Waals surface area contributed by atoms with Gasteiger partial charge in [-0.2, -0.15) is 0 Å². The third-order valence-electron chi connectivity index (χ3n) is 4.93. The van der Waals surface area contributed by atoms with Gasteiger partial charge in [0.05, 0.1) is 6.04 Å². The topological polar surface area (TPSA) is 28.5 Å². The van der Waals surface area contributed by atoms with Crippen LogP contribution in [0.15, 0.2) is 48.8 Å². The standard InChI is InChI=1S/C20H26ClN3O/c1-2-20(25)24(23-12-3-4-13-23)19-10-15-22(16-11-19)14-9-17-5-7-18(21)8-6-17/h3-8,12-13,19H,2,9-11,14-16H2,1H3. The van der Waals surface area contributed by atoms with E-state index in [9.17, 15) is 4.79 Å². The third kappa shape index (κ3) is 4.65. The summed E-state index contributed by atoms with van der Waals surface area (Å²) in [6, 6.07) is 12.3. The molecule has 0 saturated carbocycles. The molecule has 0 radical (unpaired) electrons. The second kappa shape index (κ2) is 8.54. The van der Waals surface area contributed by atoms with Gasteiger partial charge in [-0.25, -0.2) is 5.01 Å². The molecule has 2 heterocycles. The normalized spacial score (nSPS) is 16.1. The number of aromatic nitrogens is 1. The van der Waals surface area contributed by atoms with Crippen LogP contribution in [0.1, 0.15) is 31.7 Å². The number of piperidine rings is 1. The van der Waals surface area contributed by atoms with Crippen molar-refractivity contribution in [2.45, 2.75) is 38.6 Å². The van der Waals surface area contributed by atoms with Crippen LogP contribution in [0.5, 0.6) is 0 Å². The zero-order valence-electron chi connectivity index (χ0n) is 14.8. The smallest absolute Gasteiger partial charge is 0.241 e. The van der Waals surface area contributed by atoms with Crippen molar-refractivity contribution >= 4 is 17.5 Å². The highest BCUT2D eigenvalue weighted by molar-refractivity contribution is 6.30. The van der Waals surface area contributed by atoms with E-state index in [0.29, 0.717) is 6.42 Å². The monoisotopic (exact) mass is 359 g/mol. The van der Waals surface area contributed by atoms with Crippen molar-refractivity contribution in [3.05, 3.63) is 59.4 Å². The summed E-state index contributed by atoms with van der Waals surface area (Å²) in [5, 5.41) is 2.73. The molecule has 0 N–H and O–H groups in total. The molecule has 0 spiro atoms. The van der Waals surface area contributed by atoms with Crippen LogP contribution in [0, 0.1) is 0 Å². The highest BCUT2D eigenvalue weighted by atomic mass is 35.5. The van der Waals surface area contributed by atoms with Gasteiger partial charge in [-0.1, -0.05) is 30.7 Å². The Kier molecular flexibility index (Phi) is 6.16. The summed E-state index contributed by atoms with van der Waals surface area (Å²) in [7, 11) is 0. The van der Waals surface area contributed by atoms with E-state index in [4.69, 9.17) is 11.6 Å². The molecule has 1 aliphatic heterocycles. The summed E-state index contributed by atoms with van der Waals surface area (Å²) < 4.78 is 1.94. The van der Waals surface area contributed by atoms with Crippen LogP contribution < -0.4 is 5.01 Å². The lowest BCUT2D eigenvalue weighted by Crippen LogP contribution is -2.52. The maximum atomic E-state index is 12.4. The number of rotatable bonds is 6. The molecule has 1 aromatic carbocycles. The Morgan fingerprint density at radius 2 is 1.80 bits per heavy atom. The zero-order chi connectivity index (χ0) is 17.6. The predicted molar refractivity (Wildman–Crippen MR) is 103 cm³/mol. The van der Waals surface area contributed by atoms with E-state index in [-0.39, 0.29) is 11.9 Å². The van der Waals surface area contributed by atoms with E-state index in [1.807, 2.05) is 53.3 Å². The van der Waals surface area contributed by atoms with Crippen molar-refractivity contribution in [1.29, 1.82) is 0 Å². The first kappa shape index (κ1) is 18.0. The van der Waals surface area contributed by atoms with Crippen LogP contribution in [0.2, 0.25) is 5.02 Å². The van der Waals surface area contributed by atoms with Crippen LogP contribution in [-0.4, -0.2) is 41.2 Å². The molecule has 1 aromatic heterocycles. The van der Waals surface area contributed by atoms with Crippen molar-refractivity contribution in [2.24, 2.45) is 0 Å². The van der Waals surface area contributed by atoms with Gasteiger partial charge in [-0.3, -0.25) is 9.47 Å². The maximum absolute atomic E-state index is 12.4. The fraction of sp³-hybridized carbons (Fsp3) is 0.450. The minimum absolute atomic E-state index is 0.191. The van der Waals surface area contributed by atoms with E-state index >= 15 is 0 Å². The van der Waals surface area contributed by atoms with Crippen molar-refractivity contribution in [3.8, 4) is 0 Å². The van der Waals surface area contributed by atoms with Gasteiger partial charge in [0.25, 0.3) is 0 Å². The number of carbonyl (C=O) groups is 1. The largest absolute Gasteiger partial charge is 0.303 e. The van der Waals surface area contributed by atoms with Crippen LogP contribution in [0.25, 0.3) is 0 Å². The van der Waals surface area contributed by atoms with Gasteiger partial charge in [-0.05, 0) is 49.1 Å². The quantitative estimate of drug-likeness (QED) is 0.786. The summed E-state index contributed by atoms with van der Waals surface area (Å²) in [4.78, 5) is 14.9. The lowest BCUT2D eigenvalue weighted by molar-refractivity contribution is -0.120. The minimum Gasteiger partial charge on any atom is -0.303 e. The number of halogens is 1. The fourth-order valence-electron chi connectivity index (χ4n) is 3.48. The molecule has 0 aliphatic carbocycles. The Bertz CT molecular complexity index is 661. The summed E-state index contributed by atoms with van der Waals surface area (Å²) >= 11 is 5.94. The maximum Gasteiger partial charge on any atom is 0.241 e. The molecule has 1 aliphatic rings. The van der Waals surface area contributed by atoms with Crippen molar-refractivity contribution < 1.29 is 4.79 Å². The molecule has 5 heteroatoms. The molecular weight excluding hydrogens is 334 g/mol. The number of hydrogen-bond donors (Lipinski definition) is 0. The third-order valence-corrected chi connectivity index (χ3v) is 5.18. The summed E-state index contributed by atoms with van der Waals surface area (Å²) in [6.07, 6.45) is 7.53. The van der Waals surface area contributed by atoms with E-state index < -0.39 is 0 Å². The highest BCUT2D eigenvalue weighted by Crippen LogP contribution is 2.18. The van der Waals surface area contributed by atoms with Gasteiger partial charge in [-0.15, -0.1) is 0 Å². The summed E-state index contributed by atoms with van der Waals surface area (Å²) in [6.45, 7) is 5.06. The van der Waals surface area contributed by atoms with E-state index in [2.05, 4.69) is 17.0 Å². The molecule has 134 valence electrons. The number of hydrogen-bond acceptors (Lipinski definition) is 2. The van der Waals surface area contributed by atoms with Gasteiger partial charge in [0.15, 0.2) is 0 Å². The molecule has 25 heavy (non-hydrogen) atoms. The van der Waals surface area contributed by atoms with Crippen molar-refractivity contribution in [3.63, 3.8) is 0 Å². The number of nitrogens with zero attached hydrogens (tertiary/aromatic N) is 3. The molecule has 1 amide bonds. The highest BCUT2D eigenvalue weighted by Gasteiger charge is 2.28. The van der Waals surface area contributed by atoms with Crippen molar-refractivity contribution in [2.75, 3.05) is 24.6 Å². The average molecular weight is 360 g/mol. The van der Waals surface area contributed by atoms with Gasteiger partial charge in [0, 0.05) is 43.5 Å².